The summed E-state index contributed by atoms with van der Waals surface area (Å²) in [6, 6.07) is 4.30. The summed E-state index contributed by atoms with van der Waals surface area (Å²) >= 11 is 0. The summed E-state index contributed by atoms with van der Waals surface area (Å²) in [5.74, 6) is 0.0631. The van der Waals surface area contributed by atoms with Gasteiger partial charge in [0.15, 0.2) is 5.65 Å². The molecule has 1 amide bonds. The van der Waals surface area contributed by atoms with Gasteiger partial charge in [0.05, 0.1) is 12.9 Å². The topological polar surface area (TPSA) is 63.1 Å². The highest BCUT2D eigenvalue weighted by Gasteiger charge is 2.23. The summed E-state index contributed by atoms with van der Waals surface area (Å²) in [4.78, 5) is 22.8. The molecule has 0 spiro atoms. The van der Waals surface area contributed by atoms with Crippen LogP contribution in [0.2, 0.25) is 0 Å². The Hall–Kier alpha value is -2.21. The molecule has 2 aromatic heterocycles. The van der Waals surface area contributed by atoms with Gasteiger partial charge in [-0.2, -0.15) is 0 Å². The predicted molar refractivity (Wildman–Crippen MR) is 85.4 cm³/mol. The van der Waals surface area contributed by atoms with Gasteiger partial charge in [0.25, 0.3) is 0 Å². The first-order valence-corrected chi connectivity index (χ1v) is 7.65. The maximum atomic E-state index is 11.7. The van der Waals surface area contributed by atoms with Crippen molar-refractivity contribution >= 4 is 17.1 Å². The van der Waals surface area contributed by atoms with E-state index in [1.807, 2.05) is 18.5 Å². The van der Waals surface area contributed by atoms with E-state index in [4.69, 9.17) is 0 Å². The van der Waals surface area contributed by atoms with Crippen molar-refractivity contribution < 1.29 is 4.79 Å². The van der Waals surface area contributed by atoms with Gasteiger partial charge in [0.2, 0.25) is 5.91 Å². The zero-order chi connectivity index (χ0) is 15.4. The number of carbonyl (C=O) groups is 1. The first kappa shape index (κ1) is 14.7. The highest BCUT2D eigenvalue weighted by Crippen LogP contribution is 2.25. The Kier molecular flexibility index (Phi) is 4.48. The number of fused-ring (bicyclic) bond motifs is 1. The van der Waals surface area contributed by atoms with E-state index in [0.29, 0.717) is 19.1 Å². The van der Waals surface area contributed by atoms with Crippen LogP contribution in [0.1, 0.15) is 18.9 Å². The predicted octanol–water partition coefficient (Wildman–Crippen LogP) is 1.37. The summed E-state index contributed by atoms with van der Waals surface area (Å²) in [5, 5.41) is 2.82. The molecule has 0 saturated carbocycles. The van der Waals surface area contributed by atoms with Crippen LogP contribution in [0.15, 0.2) is 37.3 Å². The molecule has 1 N–H and O–H groups in total. The second-order valence-electron chi connectivity index (χ2n) is 5.60. The maximum absolute atomic E-state index is 11.7. The molecule has 1 fully saturated rings. The highest BCUT2D eigenvalue weighted by molar-refractivity contribution is 5.78. The molecule has 3 rings (SSSR count). The molecular formula is C16H21N5O. The number of nitrogens with one attached hydrogen (secondary N) is 1. The lowest BCUT2D eigenvalue weighted by Gasteiger charge is -2.32. The number of aromatic nitrogens is 3. The van der Waals surface area contributed by atoms with E-state index in [2.05, 4.69) is 31.3 Å². The normalized spacial score (nSPS) is 16.7. The summed E-state index contributed by atoms with van der Waals surface area (Å²) in [6.07, 6.45) is 7.41. The molecule has 1 saturated heterocycles. The van der Waals surface area contributed by atoms with Gasteiger partial charge >= 0.3 is 0 Å². The molecule has 0 bridgehead atoms. The molecule has 1 aliphatic heterocycles. The van der Waals surface area contributed by atoms with Crippen molar-refractivity contribution in [2.24, 2.45) is 0 Å². The van der Waals surface area contributed by atoms with Crippen LogP contribution in [0.5, 0.6) is 0 Å². The van der Waals surface area contributed by atoms with Gasteiger partial charge in [-0.1, -0.05) is 6.08 Å². The average molecular weight is 299 g/mol. The fourth-order valence-electron chi connectivity index (χ4n) is 2.94. The number of amides is 1. The van der Waals surface area contributed by atoms with Crippen LogP contribution in [-0.2, 0) is 4.79 Å². The van der Waals surface area contributed by atoms with E-state index < -0.39 is 0 Å². The van der Waals surface area contributed by atoms with E-state index in [-0.39, 0.29) is 5.91 Å². The van der Waals surface area contributed by atoms with Crippen molar-refractivity contribution in [3.8, 4) is 0 Å². The van der Waals surface area contributed by atoms with Crippen LogP contribution in [0.4, 0.5) is 0 Å². The molecular weight excluding hydrogens is 278 g/mol. The highest BCUT2D eigenvalue weighted by atomic mass is 16.2. The van der Waals surface area contributed by atoms with Crippen LogP contribution in [-0.4, -0.2) is 51.5 Å². The Balaban J connectivity index is 1.57. The van der Waals surface area contributed by atoms with Gasteiger partial charge in [-0.05, 0) is 25.0 Å². The fraction of sp³-hybridized carbons (Fsp3) is 0.438. The first-order chi connectivity index (χ1) is 10.8. The van der Waals surface area contributed by atoms with Crippen molar-refractivity contribution in [2.75, 3.05) is 26.2 Å². The molecule has 6 nitrogen and oxygen atoms in total. The molecule has 0 aromatic carbocycles. The van der Waals surface area contributed by atoms with Crippen LogP contribution in [0, 0.1) is 0 Å². The summed E-state index contributed by atoms with van der Waals surface area (Å²) < 4.78 is 2.17. The second kappa shape index (κ2) is 6.70. The lowest BCUT2D eigenvalue weighted by molar-refractivity contribution is -0.122. The molecule has 0 unspecified atom stereocenters. The van der Waals surface area contributed by atoms with E-state index in [1.54, 1.807) is 12.3 Å². The lowest BCUT2D eigenvalue weighted by Crippen LogP contribution is -2.41. The van der Waals surface area contributed by atoms with E-state index in [9.17, 15) is 4.79 Å². The largest absolute Gasteiger partial charge is 0.352 e. The van der Waals surface area contributed by atoms with Gasteiger partial charge in [-0.15, -0.1) is 6.58 Å². The minimum atomic E-state index is 0.0631. The zero-order valence-corrected chi connectivity index (χ0v) is 12.6. The number of piperidine rings is 1. The van der Waals surface area contributed by atoms with Crippen molar-refractivity contribution in [1.82, 2.24) is 24.8 Å². The van der Waals surface area contributed by atoms with Gasteiger partial charge < -0.3 is 9.88 Å². The van der Waals surface area contributed by atoms with E-state index in [0.717, 1.165) is 37.1 Å². The average Bonchev–Trinajstić information content (AvgIpc) is 2.98. The van der Waals surface area contributed by atoms with Crippen molar-refractivity contribution in [3.05, 3.63) is 37.3 Å². The molecule has 22 heavy (non-hydrogen) atoms. The van der Waals surface area contributed by atoms with Crippen molar-refractivity contribution in [3.63, 3.8) is 0 Å². The number of hydrogen-bond acceptors (Lipinski definition) is 4. The molecule has 0 radical (unpaired) electrons. The maximum Gasteiger partial charge on any atom is 0.234 e. The molecule has 0 atom stereocenters. The number of likely N-dealkylation sites (tertiary alicyclic amines) is 1. The molecule has 116 valence electrons. The lowest BCUT2D eigenvalue weighted by atomic mass is 10.0. The Bertz CT molecular complexity index is 657. The van der Waals surface area contributed by atoms with Gasteiger partial charge in [-0.3, -0.25) is 9.69 Å². The number of imidazole rings is 1. The van der Waals surface area contributed by atoms with Crippen LogP contribution < -0.4 is 5.32 Å². The van der Waals surface area contributed by atoms with Crippen LogP contribution >= 0.6 is 0 Å². The SMILES string of the molecule is C=CCNC(=O)CN1CCC(n2cnc3cccnc32)CC1. The minimum Gasteiger partial charge on any atom is -0.352 e. The number of nitrogens with zero attached hydrogens (tertiary/aromatic N) is 4. The van der Waals surface area contributed by atoms with Crippen molar-refractivity contribution in [1.29, 1.82) is 0 Å². The van der Waals surface area contributed by atoms with Gasteiger partial charge in [0.1, 0.15) is 5.52 Å². The van der Waals surface area contributed by atoms with Crippen LogP contribution in [0.3, 0.4) is 0 Å². The number of carbonyl (C=O) groups excluding carboxylic acids is 1. The fourth-order valence-corrected chi connectivity index (χ4v) is 2.94. The second-order valence-corrected chi connectivity index (χ2v) is 5.60. The van der Waals surface area contributed by atoms with Gasteiger partial charge in [-0.25, -0.2) is 9.97 Å². The number of hydrogen-bond donors (Lipinski definition) is 1. The smallest absolute Gasteiger partial charge is 0.234 e. The zero-order valence-electron chi connectivity index (χ0n) is 12.6. The molecule has 0 aliphatic carbocycles. The van der Waals surface area contributed by atoms with E-state index >= 15 is 0 Å². The summed E-state index contributed by atoms with van der Waals surface area (Å²) in [6.45, 7) is 6.42. The van der Waals surface area contributed by atoms with E-state index in [1.165, 1.54) is 0 Å². The monoisotopic (exact) mass is 299 g/mol. The minimum absolute atomic E-state index is 0.0631. The molecule has 6 heteroatoms. The third kappa shape index (κ3) is 3.17. The number of rotatable bonds is 5. The number of pyridine rings is 1. The third-order valence-corrected chi connectivity index (χ3v) is 4.09. The Morgan fingerprint density at radius 3 is 3.00 bits per heavy atom. The van der Waals surface area contributed by atoms with Gasteiger partial charge in [0, 0.05) is 31.9 Å². The molecule has 2 aromatic rings. The van der Waals surface area contributed by atoms with Crippen molar-refractivity contribution in [2.45, 2.75) is 18.9 Å². The third-order valence-electron chi connectivity index (χ3n) is 4.09. The summed E-state index contributed by atoms with van der Waals surface area (Å²) in [7, 11) is 0. The quantitative estimate of drug-likeness (QED) is 0.847. The Labute approximate surface area is 129 Å². The Morgan fingerprint density at radius 2 is 2.23 bits per heavy atom. The molecule has 1 aliphatic rings. The summed E-state index contributed by atoms with van der Waals surface area (Å²) in [5.41, 5.74) is 1.89. The van der Waals surface area contributed by atoms with Crippen LogP contribution in [0.25, 0.3) is 11.2 Å². The standard InChI is InChI=1S/C16H21N5O/c1-2-7-17-15(22)11-20-9-5-13(6-10-20)21-12-19-14-4-3-8-18-16(14)21/h2-4,8,12-13H,1,5-7,9-11H2,(H,17,22). The first-order valence-electron chi connectivity index (χ1n) is 7.65. The molecule has 3 heterocycles. The Morgan fingerprint density at radius 1 is 1.41 bits per heavy atom.